The largest absolute Gasteiger partial charge is 0.350 e. The van der Waals surface area contributed by atoms with Crippen LogP contribution >= 0.6 is 11.6 Å². The standard InChI is InChI=1S/C17H16ClN5O/c18-13-3-2-12-10-15(21-14(12)11-13)16(24)22-6-8-23(9-7-22)17-19-4-1-5-20-17/h1-5,10-11,21H,6-9H2. The lowest BCUT2D eigenvalue weighted by molar-refractivity contribution is 0.0741. The molecule has 0 saturated carbocycles. The molecule has 2 aromatic heterocycles. The lowest BCUT2D eigenvalue weighted by Gasteiger charge is -2.34. The molecule has 0 atom stereocenters. The van der Waals surface area contributed by atoms with E-state index in [0.717, 1.165) is 24.0 Å². The fourth-order valence-electron chi connectivity index (χ4n) is 2.95. The number of amides is 1. The molecule has 0 bridgehead atoms. The van der Waals surface area contributed by atoms with Gasteiger partial charge in [-0.15, -0.1) is 0 Å². The van der Waals surface area contributed by atoms with Crippen molar-refractivity contribution in [2.24, 2.45) is 0 Å². The molecule has 7 heteroatoms. The Morgan fingerprint density at radius 1 is 1.08 bits per heavy atom. The van der Waals surface area contributed by atoms with Crippen molar-refractivity contribution < 1.29 is 4.79 Å². The molecule has 1 fully saturated rings. The zero-order valence-corrected chi connectivity index (χ0v) is 13.7. The SMILES string of the molecule is O=C(c1cc2ccc(Cl)cc2[nH]1)N1CCN(c2ncccn2)CC1. The van der Waals surface area contributed by atoms with Crippen molar-refractivity contribution in [2.45, 2.75) is 0 Å². The highest BCUT2D eigenvalue weighted by Crippen LogP contribution is 2.21. The monoisotopic (exact) mass is 341 g/mol. The van der Waals surface area contributed by atoms with Gasteiger partial charge in [0.15, 0.2) is 0 Å². The van der Waals surface area contributed by atoms with Crippen LogP contribution in [0.2, 0.25) is 5.02 Å². The highest BCUT2D eigenvalue weighted by atomic mass is 35.5. The number of hydrogen-bond acceptors (Lipinski definition) is 4. The number of rotatable bonds is 2. The van der Waals surface area contributed by atoms with Gasteiger partial charge in [0.05, 0.1) is 0 Å². The van der Waals surface area contributed by atoms with Crippen molar-refractivity contribution in [3.8, 4) is 0 Å². The van der Waals surface area contributed by atoms with Gasteiger partial charge in [0.1, 0.15) is 5.69 Å². The minimum atomic E-state index is 0.0101. The van der Waals surface area contributed by atoms with E-state index in [9.17, 15) is 4.79 Å². The van der Waals surface area contributed by atoms with Gasteiger partial charge in [-0.25, -0.2) is 9.97 Å². The van der Waals surface area contributed by atoms with Gasteiger partial charge in [-0.2, -0.15) is 0 Å². The maximum Gasteiger partial charge on any atom is 0.270 e. The van der Waals surface area contributed by atoms with Gasteiger partial charge in [-0.3, -0.25) is 4.79 Å². The first-order valence-corrected chi connectivity index (χ1v) is 8.18. The normalized spacial score (nSPS) is 15.0. The molecule has 0 aliphatic carbocycles. The molecule has 1 aliphatic heterocycles. The summed E-state index contributed by atoms with van der Waals surface area (Å²) in [6, 6.07) is 9.24. The first kappa shape index (κ1) is 15.0. The van der Waals surface area contributed by atoms with Crippen molar-refractivity contribution in [1.82, 2.24) is 19.9 Å². The molecule has 3 aromatic rings. The molecule has 6 nitrogen and oxygen atoms in total. The van der Waals surface area contributed by atoms with Gasteiger partial charge in [0.25, 0.3) is 5.91 Å². The molecular formula is C17H16ClN5O. The molecule has 0 radical (unpaired) electrons. The number of fused-ring (bicyclic) bond motifs is 1. The van der Waals surface area contributed by atoms with Gasteiger partial charge >= 0.3 is 0 Å². The molecule has 1 aliphatic rings. The highest BCUT2D eigenvalue weighted by molar-refractivity contribution is 6.31. The van der Waals surface area contributed by atoms with Crippen LogP contribution in [0.4, 0.5) is 5.95 Å². The second-order valence-electron chi connectivity index (χ2n) is 5.74. The van der Waals surface area contributed by atoms with E-state index in [4.69, 9.17) is 11.6 Å². The number of carbonyl (C=O) groups excluding carboxylic acids is 1. The molecule has 4 rings (SSSR count). The number of aromatic amines is 1. The summed E-state index contributed by atoms with van der Waals surface area (Å²) < 4.78 is 0. The average molecular weight is 342 g/mol. The lowest BCUT2D eigenvalue weighted by Crippen LogP contribution is -2.49. The number of aromatic nitrogens is 3. The number of halogens is 1. The first-order valence-electron chi connectivity index (χ1n) is 7.80. The Kier molecular flexibility index (Phi) is 3.82. The fourth-order valence-corrected chi connectivity index (χ4v) is 3.12. The van der Waals surface area contributed by atoms with Crippen LogP contribution in [0.15, 0.2) is 42.7 Å². The second kappa shape index (κ2) is 6.13. The Bertz CT molecular complexity index is 871. The summed E-state index contributed by atoms with van der Waals surface area (Å²) in [6.07, 6.45) is 3.46. The quantitative estimate of drug-likeness (QED) is 0.778. The lowest BCUT2D eigenvalue weighted by atomic mass is 10.2. The van der Waals surface area contributed by atoms with Crippen LogP contribution < -0.4 is 4.90 Å². The Balaban J connectivity index is 1.47. The Morgan fingerprint density at radius 3 is 2.58 bits per heavy atom. The summed E-state index contributed by atoms with van der Waals surface area (Å²) in [6.45, 7) is 2.74. The number of nitrogens with zero attached hydrogens (tertiary/aromatic N) is 4. The molecule has 1 N–H and O–H groups in total. The smallest absolute Gasteiger partial charge is 0.270 e. The molecule has 122 valence electrons. The molecule has 1 saturated heterocycles. The van der Waals surface area contributed by atoms with Crippen molar-refractivity contribution in [2.75, 3.05) is 31.1 Å². The fraction of sp³-hybridized carbons (Fsp3) is 0.235. The van der Waals surface area contributed by atoms with Crippen LogP contribution in [0.1, 0.15) is 10.5 Å². The van der Waals surface area contributed by atoms with Crippen molar-refractivity contribution >= 4 is 34.4 Å². The Hall–Kier alpha value is -2.60. The number of H-pyrrole nitrogens is 1. The van der Waals surface area contributed by atoms with Crippen LogP contribution in [0.5, 0.6) is 0 Å². The number of hydrogen-bond donors (Lipinski definition) is 1. The molecule has 3 heterocycles. The zero-order chi connectivity index (χ0) is 16.5. The van der Waals surface area contributed by atoms with Crippen LogP contribution in [0, 0.1) is 0 Å². The Morgan fingerprint density at radius 2 is 1.83 bits per heavy atom. The minimum absolute atomic E-state index is 0.0101. The van der Waals surface area contributed by atoms with E-state index in [-0.39, 0.29) is 5.91 Å². The molecule has 1 amide bonds. The maximum absolute atomic E-state index is 12.7. The average Bonchev–Trinajstić information content (AvgIpc) is 3.05. The number of anilines is 1. The number of carbonyl (C=O) groups is 1. The van der Waals surface area contributed by atoms with Gasteiger partial charge < -0.3 is 14.8 Å². The van der Waals surface area contributed by atoms with E-state index in [1.807, 2.05) is 29.2 Å². The summed E-state index contributed by atoms with van der Waals surface area (Å²) in [4.78, 5) is 28.3. The van der Waals surface area contributed by atoms with E-state index in [1.54, 1.807) is 18.5 Å². The first-order chi connectivity index (χ1) is 11.7. The third-order valence-corrected chi connectivity index (χ3v) is 4.45. The van der Waals surface area contributed by atoms with E-state index in [0.29, 0.717) is 29.8 Å². The molecule has 1 aromatic carbocycles. The second-order valence-corrected chi connectivity index (χ2v) is 6.18. The van der Waals surface area contributed by atoms with Gasteiger partial charge in [-0.1, -0.05) is 17.7 Å². The highest BCUT2D eigenvalue weighted by Gasteiger charge is 2.24. The topological polar surface area (TPSA) is 65.1 Å². The molecular weight excluding hydrogens is 326 g/mol. The molecule has 0 spiro atoms. The van der Waals surface area contributed by atoms with Crippen molar-refractivity contribution in [3.63, 3.8) is 0 Å². The summed E-state index contributed by atoms with van der Waals surface area (Å²) in [5, 5.41) is 1.64. The predicted octanol–water partition coefficient (Wildman–Crippen LogP) is 2.57. The van der Waals surface area contributed by atoms with Crippen LogP contribution in [0.25, 0.3) is 10.9 Å². The summed E-state index contributed by atoms with van der Waals surface area (Å²) in [7, 11) is 0. The zero-order valence-electron chi connectivity index (χ0n) is 12.9. The Labute approximate surface area is 144 Å². The number of benzene rings is 1. The summed E-state index contributed by atoms with van der Waals surface area (Å²) in [5.41, 5.74) is 1.47. The van der Waals surface area contributed by atoms with Crippen molar-refractivity contribution in [3.05, 3.63) is 53.4 Å². The van der Waals surface area contributed by atoms with E-state index in [2.05, 4.69) is 19.9 Å². The van der Waals surface area contributed by atoms with Gasteiger partial charge in [0, 0.05) is 54.5 Å². The summed E-state index contributed by atoms with van der Waals surface area (Å²) >= 11 is 6.00. The van der Waals surface area contributed by atoms with Gasteiger partial charge in [-0.05, 0) is 24.3 Å². The number of piperazine rings is 1. The van der Waals surface area contributed by atoms with Gasteiger partial charge in [0.2, 0.25) is 5.95 Å². The van der Waals surface area contributed by atoms with Crippen LogP contribution in [-0.2, 0) is 0 Å². The van der Waals surface area contributed by atoms with Crippen LogP contribution in [-0.4, -0.2) is 51.9 Å². The number of nitrogens with one attached hydrogen (secondary N) is 1. The molecule has 0 unspecified atom stereocenters. The van der Waals surface area contributed by atoms with E-state index in [1.165, 1.54) is 0 Å². The van der Waals surface area contributed by atoms with E-state index >= 15 is 0 Å². The summed E-state index contributed by atoms with van der Waals surface area (Å²) in [5.74, 6) is 0.723. The predicted molar refractivity (Wildman–Crippen MR) is 93.5 cm³/mol. The maximum atomic E-state index is 12.7. The third kappa shape index (κ3) is 2.80. The minimum Gasteiger partial charge on any atom is -0.350 e. The van der Waals surface area contributed by atoms with Crippen molar-refractivity contribution in [1.29, 1.82) is 0 Å². The molecule has 24 heavy (non-hydrogen) atoms. The van der Waals surface area contributed by atoms with Crippen LogP contribution in [0.3, 0.4) is 0 Å². The third-order valence-electron chi connectivity index (χ3n) is 4.22. The van der Waals surface area contributed by atoms with E-state index < -0.39 is 0 Å².